The summed E-state index contributed by atoms with van der Waals surface area (Å²) in [6, 6.07) is 5.21. The van der Waals surface area contributed by atoms with Gasteiger partial charge in [-0.1, -0.05) is 12.1 Å². The molecule has 3 rings (SSSR count). The molecular weight excluding hydrogens is 271 g/mol. The lowest BCUT2D eigenvalue weighted by molar-refractivity contribution is -0.0161. The Morgan fingerprint density at radius 2 is 2.29 bits per heavy atom. The molecule has 3 N–H and O–H groups in total. The molecule has 1 fully saturated rings. The molecule has 0 saturated carbocycles. The minimum absolute atomic E-state index is 0.133. The monoisotopic (exact) mass is 290 g/mol. The zero-order chi connectivity index (χ0) is 14.8. The van der Waals surface area contributed by atoms with Crippen LogP contribution in [0.15, 0.2) is 24.4 Å². The SMILES string of the molecule is OB(O)c1cccc2nn(CC(O)C3CCCOC3)cc12. The van der Waals surface area contributed by atoms with Gasteiger partial charge in [-0.05, 0) is 24.4 Å². The highest BCUT2D eigenvalue weighted by Crippen LogP contribution is 2.19. The van der Waals surface area contributed by atoms with Crippen LogP contribution >= 0.6 is 0 Å². The largest absolute Gasteiger partial charge is 0.489 e. The number of ether oxygens (including phenoxy) is 1. The molecule has 1 saturated heterocycles. The molecule has 112 valence electrons. The van der Waals surface area contributed by atoms with Crippen LogP contribution in [0.25, 0.3) is 10.9 Å². The number of rotatable bonds is 4. The first-order valence-corrected chi connectivity index (χ1v) is 7.23. The predicted molar refractivity (Wildman–Crippen MR) is 79.1 cm³/mol. The van der Waals surface area contributed by atoms with Crippen LogP contribution < -0.4 is 5.46 Å². The van der Waals surface area contributed by atoms with Crippen LogP contribution in [0.1, 0.15) is 12.8 Å². The summed E-state index contributed by atoms with van der Waals surface area (Å²) in [5, 5.41) is 34.1. The van der Waals surface area contributed by atoms with Crippen molar-refractivity contribution in [3.8, 4) is 0 Å². The maximum absolute atomic E-state index is 10.3. The van der Waals surface area contributed by atoms with E-state index in [-0.39, 0.29) is 5.92 Å². The lowest BCUT2D eigenvalue weighted by atomic mass is 9.78. The normalized spacial score (nSPS) is 20.6. The first-order valence-electron chi connectivity index (χ1n) is 7.23. The van der Waals surface area contributed by atoms with E-state index < -0.39 is 13.2 Å². The van der Waals surface area contributed by atoms with Gasteiger partial charge in [0.25, 0.3) is 0 Å². The highest BCUT2D eigenvalue weighted by Gasteiger charge is 2.23. The van der Waals surface area contributed by atoms with E-state index in [0.29, 0.717) is 29.5 Å². The molecule has 0 spiro atoms. The minimum Gasteiger partial charge on any atom is -0.423 e. The van der Waals surface area contributed by atoms with E-state index >= 15 is 0 Å². The third-order valence-electron chi connectivity index (χ3n) is 4.02. The fraction of sp³-hybridized carbons (Fsp3) is 0.500. The summed E-state index contributed by atoms with van der Waals surface area (Å²) in [5.74, 6) is 0.133. The van der Waals surface area contributed by atoms with Crippen molar-refractivity contribution in [1.29, 1.82) is 0 Å². The number of aliphatic hydroxyl groups excluding tert-OH is 1. The molecule has 0 bridgehead atoms. The van der Waals surface area contributed by atoms with Crippen molar-refractivity contribution in [3.63, 3.8) is 0 Å². The van der Waals surface area contributed by atoms with E-state index in [9.17, 15) is 15.2 Å². The van der Waals surface area contributed by atoms with E-state index in [1.807, 2.05) is 6.07 Å². The third kappa shape index (κ3) is 3.11. The first kappa shape index (κ1) is 14.5. The number of hydrogen-bond donors (Lipinski definition) is 3. The summed E-state index contributed by atoms with van der Waals surface area (Å²) in [6.45, 7) is 1.73. The van der Waals surface area contributed by atoms with Crippen molar-refractivity contribution >= 4 is 23.5 Å². The number of fused-ring (bicyclic) bond motifs is 1. The number of aromatic nitrogens is 2. The average molecular weight is 290 g/mol. The Hall–Kier alpha value is -1.41. The smallest absolute Gasteiger partial charge is 0.423 e. The predicted octanol–water partition coefficient (Wildman–Crippen LogP) is -0.496. The Morgan fingerprint density at radius 3 is 3.00 bits per heavy atom. The molecule has 0 amide bonds. The van der Waals surface area contributed by atoms with Crippen molar-refractivity contribution < 1.29 is 19.9 Å². The highest BCUT2D eigenvalue weighted by molar-refractivity contribution is 6.61. The maximum Gasteiger partial charge on any atom is 0.489 e. The van der Waals surface area contributed by atoms with Gasteiger partial charge >= 0.3 is 7.12 Å². The number of hydrogen-bond acceptors (Lipinski definition) is 5. The minimum atomic E-state index is -1.52. The zero-order valence-electron chi connectivity index (χ0n) is 11.7. The molecule has 2 unspecified atom stereocenters. The lowest BCUT2D eigenvalue weighted by Crippen LogP contribution is -2.32. The van der Waals surface area contributed by atoms with E-state index in [2.05, 4.69) is 5.10 Å². The molecule has 2 atom stereocenters. The molecule has 2 aromatic rings. The summed E-state index contributed by atoms with van der Waals surface area (Å²) in [6.07, 6.45) is 3.17. The number of benzene rings is 1. The highest BCUT2D eigenvalue weighted by atomic mass is 16.5. The van der Waals surface area contributed by atoms with Gasteiger partial charge in [0.15, 0.2) is 0 Å². The molecule has 2 heterocycles. The molecule has 1 aliphatic heterocycles. The van der Waals surface area contributed by atoms with Crippen molar-refractivity contribution in [2.24, 2.45) is 5.92 Å². The summed E-state index contributed by atoms with van der Waals surface area (Å²) in [4.78, 5) is 0. The Kier molecular flexibility index (Phi) is 4.25. The second-order valence-electron chi connectivity index (χ2n) is 5.55. The molecule has 0 aliphatic carbocycles. The Bertz CT molecular complexity index is 610. The molecular formula is C14H19BN2O4. The fourth-order valence-corrected chi connectivity index (χ4v) is 2.84. The quantitative estimate of drug-likeness (QED) is 0.661. The van der Waals surface area contributed by atoms with Gasteiger partial charge in [0, 0.05) is 24.1 Å². The van der Waals surface area contributed by atoms with Crippen LogP contribution in [0, 0.1) is 5.92 Å². The second-order valence-corrected chi connectivity index (χ2v) is 5.55. The molecule has 1 aromatic heterocycles. The van der Waals surface area contributed by atoms with Crippen molar-refractivity contribution in [3.05, 3.63) is 24.4 Å². The van der Waals surface area contributed by atoms with Crippen molar-refractivity contribution in [2.75, 3.05) is 13.2 Å². The average Bonchev–Trinajstić information content (AvgIpc) is 2.89. The molecule has 1 aliphatic rings. The van der Waals surface area contributed by atoms with Gasteiger partial charge in [-0.2, -0.15) is 5.10 Å². The van der Waals surface area contributed by atoms with E-state index in [0.717, 1.165) is 19.4 Å². The van der Waals surface area contributed by atoms with E-state index in [4.69, 9.17) is 4.74 Å². The molecule has 6 nitrogen and oxygen atoms in total. The number of aliphatic hydroxyl groups is 1. The lowest BCUT2D eigenvalue weighted by Gasteiger charge is -2.26. The van der Waals surface area contributed by atoms with Crippen LogP contribution in [-0.2, 0) is 11.3 Å². The third-order valence-corrected chi connectivity index (χ3v) is 4.02. The second kappa shape index (κ2) is 6.15. The van der Waals surface area contributed by atoms with Gasteiger partial charge in [0.1, 0.15) is 0 Å². The van der Waals surface area contributed by atoms with Crippen LogP contribution in [0.5, 0.6) is 0 Å². The number of nitrogens with zero attached hydrogens (tertiary/aromatic N) is 2. The summed E-state index contributed by atoms with van der Waals surface area (Å²) in [7, 11) is -1.52. The summed E-state index contributed by atoms with van der Waals surface area (Å²) < 4.78 is 7.06. The van der Waals surface area contributed by atoms with Gasteiger partial charge in [-0.15, -0.1) is 0 Å². The summed E-state index contributed by atoms with van der Waals surface area (Å²) in [5.41, 5.74) is 1.11. The molecule has 7 heteroatoms. The maximum atomic E-state index is 10.3. The van der Waals surface area contributed by atoms with Gasteiger partial charge in [-0.25, -0.2) is 0 Å². The fourth-order valence-electron chi connectivity index (χ4n) is 2.84. The summed E-state index contributed by atoms with van der Waals surface area (Å²) >= 11 is 0. The van der Waals surface area contributed by atoms with Crippen molar-refractivity contribution in [1.82, 2.24) is 9.78 Å². The topological polar surface area (TPSA) is 87.7 Å². The Balaban J connectivity index is 1.79. The van der Waals surface area contributed by atoms with Gasteiger partial charge in [-0.3, -0.25) is 4.68 Å². The standard InChI is InChI=1S/C14H19BN2O4/c18-14(10-3-2-6-21-9-10)8-17-7-11-12(15(19)20)4-1-5-13(11)16-17/h1,4-5,7,10,14,18-20H,2-3,6,8-9H2. The zero-order valence-corrected chi connectivity index (χ0v) is 11.7. The molecule has 1 aromatic carbocycles. The van der Waals surface area contributed by atoms with Crippen LogP contribution in [0.4, 0.5) is 0 Å². The molecule has 21 heavy (non-hydrogen) atoms. The van der Waals surface area contributed by atoms with E-state index in [1.165, 1.54) is 0 Å². The Labute approximate surface area is 123 Å². The van der Waals surface area contributed by atoms with Gasteiger partial charge < -0.3 is 19.9 Å². The first-order chi connectivity index (χ1) is 10.1. The van der Waals surface area contributed by atoms with Gasteiger partial charge in [0.2, 0.25) is 0 Å². The van der Waals surface area contributed by atoms with E-state index in [1.54, 1.807) is 23.0 Å². The molecule has 0 radical (unpaired) electrons. The van der Waals surface area contributed by atoms with Crippen LogP contribution in [-0.4, -0.2) is 51.4 Å². The van der Waals surface area contributed by atoms with Gasteiger partial charge in [0.05, 0.1) is 24.8 Å². The van der Waals surface area contributed by atoms with Crippen LogP contribution in [0.3, 0.4) is 0 Å². The Morgan fingerprint density at radius 1 is 1.43 bits per heavy atom. The van der Waals surface area contributed by atoms with Crippen LogP contribution in [0.2, 0.25) is 0 Å². The van der Waals surface area contributed by atoms with Crippen molar-refractivity contribution in [2.45, 2.75) is 25.5 Å².